The Bertz CT molecular complexity index is 816. The molecule has 0 saturated heterocycles. The second kappa shape index (κ2) is 5.68. The highest BCUT2D eigenvalue weighted by atomic mass is 32.2. The lowest BCUT2D eigenvalue weighted by molar-refractivity contribution is 0.581. The predicted molar refractivity (Wildman–Crippen MR) is 77.9 cm³/mol. The minimum atomic E-state index is -3.61. The number of hydrogen-bond acceptors (Lipinski definition) is 4. The molecule has 0 amide bonds. The van der Waals surface area contributed by atoms with E-state index in [1.54, 1.807) is 24.9 Å². The molecule has 0 saturated carbocycles. The molecule has 0 aliphatic heterocycles. The van der Waals surface area contributed by atoms with Gasteiger partial charge >= 0.3 is 0 Å². The third-order valence-corrected chi connectivity index (χ3v) is 4.60. The van der Waals surface area contributed by atoms with Gasteiger partial charge in [0.25, 0.3) is 0 Å². The molecule has 0 unspecified atom stereocenters. The fourth-order valence-corrected chi connectivity index (χ4v) is 3.10. The number of sulfonamides is 1. The van der Waals surface area contributed by atoms with Gasteiger partial charge in [-0.2, -0.15) is 10.4 Å². The first-order valence-corrected chi connectivity index (χ1v) is 7.81. The van der Waals surface area contributed by atoms with E-state index in [-0.39, 0.29) is 11.4 Å². The SMILES string of the molecule is Cc1cc(S(=O)(=O)NCc2cn(C)nc2C)ccc1C#N. The zero-order valence-electron chi connectivity index (χ0n) is 12.1. The van der Waals surface area contributed by atoms with Gasteiger partial charge in [0, 0.05) is 25.4 Å². The van der Waals surface area contributed by atoms with Gasteiger partial charge in [-0.05, 0) is 37.6 Å². The van der Waals surface area contributed by atoms with E-state index in [0.29, 0.717) is 11.1 Å². The predicted octanol–water partition coefficient (Wildman–Crippen LogP) is 1.39. The lowest BCUT2D eigenvalue weighted by atomic mass is 10.1. The minimum Gasteiger partial charge on any atom is -0.275 e. The van der Waals surface area contributed by atoms with Crippen LogP contribution in [0.25, 0.3) is 0 Å². The van der Waals surface area contributed by atoms with Crippen LogP contribution in [0.3, 0.4) is 0 Å². The van der Waals surface area contributed by atoms with Crippen molar-refractivity contribution in [2.75, 3.05) is 0 Å². The molecule has 0 bridgehead atoms. The van der Waals surface area contributed by atoms with E-state index in [0.717, 1.165) is 11.3 Å². The van der Waals surface area contributed by atoms with Gasteiger partial charge in [0.15, 0.2) is 0 Å². The standard InChI is InChI=1S/C14H16N4O2S/c1-10-6-14(5-4-12(10)7-15)21(19,20)16-8-13-9-18(3)17-11(13)2/h4-6,9,16H,8H2,1-3H3. The van der Waals surface area contributed by atoms with Gasteiger partial charge in [0.1, 0.15) is 0 Å². The highest BCUT2D eigenvalue weighted by Crippen LogP contribution is 2.15. The number of hydrogen-bond donors (Lipinski definition) is 1. The summed E-state index contributed by atoms with van der Waals surface area (Å²) in [5.41, 5.74) is 2.72. The molecule has 110 valence electrons. The van der Waals surface area contributed by atoms with Gasteiger partial charge in [0.05, 0.1) is 22.2 Å². The van der Waals surface area contributed by atoms with Crippen LogP contribution in [0, 0.1) is 25.2 Å². The van der Waals surface area contributed by atoms with Gasteiger partial charge in [-0.1, -0.05) is 0 Å². The first-order chi connectivity index (χ1) is 9.83. The smallest absolute Gasteiger partial charge is 0.240 e. The number of nitriles is 1. The Balaban J connectivity index is 2.21. The van der Waals surface area contributed by atoms with E-state index in [2.05, 4.69) is 9.82 Å². The fraction of sp³-hybridized carbons (Fsp3) is 0.286. The van der Waals surface area contributed by atoms with Crippen LogP contribution >= 0.6 is 0 Å². The van der Waals surface area contributed by atoms with Crippen LogP contribution in [-0.4, -0.2) is 18.2 Å². The maximum Gasteiger partial charge on any atom is 0.240 e. The molecule has 0 aliphatic rings. The highest BCUT2D eigenvalue weighted by molar-refractivity contribution is 7.89. The van der Waals surface area contributed by atoms with Crippen molar-refractivity contribution in [3.63, 3.8) is 0 Å². The van der Waals surface area contributed by atoms with E-state index in [1.807, 2.05) is 13.0 Å². The number of nitrogens with zero attached hydrogens (tertiary/aromatic N) is 3. The maximum absolute atomic E-state index is 12.3. The summed E-state index contributed by atoms with van der Waals surface area (Å²) in [6.07, 6.45) is 1.78. The molecule has 0 spiro atoms. The topological polar surface area (TPSA) is 87.8 Å². The first-order valence-electron chi connectivity index (χ1n) is 6.33. The van der Waals surface area contributed by atoms with Gasteiger partial charge < -0.3 is 0 Å². The molecule has 7 heteroatoms. The van der Waals surface area contributed by atoms with Crippen LogP contribution in [0.2, 0.25) is 0 Å². The third kappa shape index (κ3) is 3.29. The van der Waals surface area contributed by atoms with Gasteiger partial charge in [-0.25, -0.2) is 13.1 Å². The first kappa shape index (κ1) is 15.2. The molecule has 1 heterocycles. The zero-order chi connectivity index (χ0) is 15.6. The van der Waals surface area contributed by atoms with Crippen molar-refractivity contribution < 1.29 is 8.42 Å². The van der Waals surface area contributed by atoms with Crippen molar-refractivity contribution in [3.05, 3.63) is 46.8 Å². The minimum absolute atomic E-state index is 0.153. The van der Waals surface area contributed by atoms with E-state index >= 15 is 0 Å². The van der Waals surface area contributed by atoms with Crippen molar-refractivity contribution >= 4 is 10.0 Å². The summed E-state index contributed by atoms with van der Waals surface area (Å²) >= 11 is 0. The lowest BCUT2D eigenvalue weighted by Crippen LogP contribution is -2.23. The Morgan fingerprint density at radius 3 is 2.62 bits per heavy atom. The third-order valence-electron chi connectivity index (χ3n) is 3.20. The number of rotatable bonds is 4. The van der Waals surface area contributed by atoms with Crippen LogP contribution in [0.4, 0.5) is 0 Å². The van der Waals surface area contributed by atoms with E-state index in [1.165, 1.54) is 18.2 Å². The molecule has 2 aromatic rings. The van der Waals surface area contributed by atoms with E-state index in [4.69, 9.17) is 5.26 Å². The second-order valence-electron chi connectivity index (χ2n) is 4.83. The molecule has 21 heavy (non-hydrogen) atoms. The number of aryl methyl sites for hydroxylation is 3. The number of benzene rings is 1. The molecule has 0 fully saturated rings. The Labute approximate surface area is 124 Å². The largest absolute Gasteiger partial charge is 0.275 e. The molecule has 1 aromatic heterocycles. The molecular weight excluding hydrogens is 288 g/mol. The molecule has 0 aliphatic carbocycles. The summed E-state index contributed by atoms with van der Waals surface area (Å²) in [4.78, 5) is 0.153. The number of nitrogens with one attached hydrogen (secondary N) is 1. The monoisotopic (exact) mass is 304 g/mol. The summed E-state index contributed by atoms with van der Waals surface area (Å²) in [7, 11) is -1.82. The van der Waals surface area contributed by atoms with Crippen LogP contribution in [0.5, 0.6) is 0 Å². The van der Waals surface area contributed by atoms with E-state index in [9.17, 15) is 8.42 Å². The lowest BCUT2D eigenvalue weighted by Gasteiger charge is -2.07. The quantitative estimate of drug-likeness (QED) is 0.924. The molecular formula is C14H16N4O2S. The molecule has 1 aromatic carbocycles. The normalized spacial score (nSPS) is 11.3. The number of aromatic nitrogens is 2. The Kier molecular flexibility index (Phi) is 4.11. The average Bonchev–Trinajstić information content (AvgIpc) is 2.74. The average molecular weight is 304 g/mol. The fourth-order valence-electron chi connectivity index (χ4n) is 2.01. The van der Waals surface area contributed by atoms with Crippen LogP contribution in [-0.2, 0) is 23.6 Å². The molecule has 0 radical (unpaired) electrons. The van der Waals surface area contributed by atoms with Gasteiger partial charge in [-0.3, -0.25) is 4.68 Å². The van der Waals surface area contributed by atoms with Crippen molar-refractivity contribution in [1.29, 1.82) is 5.26 Å². The summed E-state index contributed by atoms with van der Waals surface area (Å²) in [6, 6.07) is 6.46. The summed E-state index contributed by atoms with van der Waals surface area (Å²) in [6.45, 7) is 3.72. The Hall–Kier alpha value is -2.17. The summed E-state index contributed by atoms with van der Waals surface area (Å²) in [5.74, 6) is 0. The summed E-state index contributed by atoms with van der Waals surface area (Å²) < 4.78 is 28.7. The summed E-state index contributed by atoms with van der Waals surface area (Å²) in [5, 5.41) is 13.0. The van der Waals surface area contributed by atoms with E-state index < -0.39 is 10.0 Å². The maximum atomic E-state index is 12.3. The molecule has 0 atom stereocenters. The highest BCUT2D eigenvalue weighted by Gasteiger charge is 2.16. The Morgan fingerprint density at radius 2 is 2.10 bits per heavy atom. The van der Waals surface area contributed by atoms with Crippen LogP contribution in [0.15, 0.2) is 29.3 Å². The van der Waals surface area contributed by atoms with Crippen molar-refractivity contribution in [2.45, 2.75) is 25.3 Å². The molecule has 6 nitrogen and oxygen atoms in total. The zero-order valence-corrected chi connectivity index (χ0v) is 12.9. The van der Waals surface area contributed by atoms with Crippen molar-refractivity contribution in [2.24, 2.45) is 7.05 Å². The van der Waals surface area contributed by atoms with Crippen molar-refractivity contribution in [1.82, 2.24) is 14.5 Å². The molecule has 2 rings (SSSR count). The molecule has 1 N–H and O–H groups in total. The van der Waals surface area contributed by atoms with Crippen molar-refractivity contribution in [3.8, 4) is 6.07 Å². The van der Waals surface area contributed by atoms with Crippen LogP contribution in [0.1, 0.15) is 22.4 Å². The van der Waals surface area contributed by atoms with Gasteiger partial charge in [-0.15, -0.1) is 0 Å². The van der Waals surface area contributed by atoms with Crippen LogP contribution < -0.4 is 4.72 Å². The van der Waals surface area contributed by atoms with Gasteiger partial charge in [0.2, 0.25) is 10.0 Å². The Morgan fingerprint density at radius 1 is 1.38 bits per heavy atom. The second-order valence-corrected chi connectivity index (χ2v) is 6.59.